The van der Waals surface area contributed by atoms with Crippen molar-refractivity contribution in [2.75, 3.05) is 7.11 Å². The summed E-state index contributed by atoms with van der Waals surface area (Å²) in [5, 5.41) is 0. The maximum absolute atomic E-state index is 12.3. The Labute approximate surface area is 114 Å². The average Bonchev–Trinajstić information content (AvgIpc) is 2.46. The molecule has 0 N–H and O–H groups in total. The molecular formula is C14H12BrNO2. The number of ketones is 1. The number of carbonyl (C=O) groups is 1. The van der Waals surface area contributed by atoms with E-state index >= 15 is 0 Å². The maximum atomic E-state index is 12.3. The Hall–Kier alpha value is -1.68. The topological polar surface area (TPSA) is 39.2 Å². The van der Waals surface area contributed by atoms with Crippen molar-refractivity contribution < 1.29 is 9.53 Å². The Morgan fingerprint density at radius 3 is 2.83 bits per heavy atom. The standard InChI is InChI=1S/C14H12BrNO2/c1-18-12-6-2-4-10(8-12)14(17)13(15)11-5-3-7-16-9-11/h2-9,13H,1H3. The van der Waals surface area contributed by atoms with Crippen molar-refractivity contribution in [2.45, 2.75) is 4.83 Å². The quantitative estimate of drug-likeness (QED) is 0.642. The Balaban J connectivity index is 2.25. The number of alkyl halides is 1. The minimum atomic E-state index is -0.390. The van der Waals surface area contributed by atoms with Crippen LogP contribution >= 0.6 is 15.9 Å². The van der Waals surface area contributed by atoms with Gasteiger partial charge in [0.25, 0.3) is 0 Å². The smallest absolute Gasteiger partial charge is 0.181 e. The number of pyridine rings is 1. The molecule has 1 aromatic heterocycles. The zero-order valence-corrected chi connectivity index (χ0v) is 11.4. The van der Waals surface area contributed by atoms with E-state index < -0.39 is 4.83 Å². The number of hydrogen-bond acceptors (Lipinski definition) is 3. The molecule has 0 bridgehead atoms. The molecule has 0 aliphatic heterocycles. The number of Topliss-reactive ketones (excluding diaryl/α,β-unsaturated/α-hetero) is 1. The third-order valence-electron chi connectivity index (χ3n) is 2.56. The Morgan fingerprint density at radius 1 is 1.33 bits per heavy atom. The van der Waals surface area contributed by atoms with Gasteiger partial charge in [0.2, 0.25) is 0 Å². The highest BCUT2D eigenvalue weighted by Crippen LogP contribution is 2.27. The van der Waals surface area contributed by atoms with Crippen LogP contribution in [0, 0.1) is 0 Å². The van der Waals surface area contributed by atoms with Crippen molar-refractivity contribution >= 4 is 21.7 Å². The SMILES string of the molecule is COc1cccc(C(=O)C(Br)c2cccnc2)c1. The molecule has 1 atom stereocenters. The molecule has 0 saturated carbocycles. The van der Waals surface area contributed by atoms with Crippen molar-refractivity contribution in [1.29, 1.82) is 0 Å². The number of nitrogens with zero attached hydrogens (tertiary/aromatic N) is 1. The van der Waals surface area contributed by atoms with Crippen LogP contribution in [0.1, 0.15) is 20.7 Å². The summed E-state index contributed by atoms with van der Waals surface area (Å²) in [6.45, 7) is 0. The van der Waals surface area contributed by atoms with Gasteiger partial charge in [-0.25, -0.2) is 0 Å². The first-order valence-electron chi connectivity index (χ1n) is 5.44. The molecule has 0 aliphatic carbocycles. The number of carbonyl (C=O) groups excluding carboxylic acids is 1. The van der Waals surface area contributed by atoms with E-state index in [0.717, 1.165) is 5.56 Å². The number of benzene rings is 1. The van der Waals surface area contributed by atoms with Crippen LogP contribution in [0.2, 0.25) is 0 Å². The summed E-state index contributed by atoms with van der Waals surface area (Å²) in [5.41, 5.74) is 1.45. The molecule has 92 valence electrons. The molecule has 0 radical (unpaired) electrons. The van der Waals surface area contributed by atoms with E-state index in [1.54, 1.807) is 37.7 Å². The van der Waals surface area contributed by atoms with E-state index in [9.17, 15) is 4.79 Å². The van der Waals surface area contributed by atoms with Crippen LogP contribution in [-0.4, -0.2) is 17.9 Å². The van der Waals surface area contributed by atoms with Crippen LogP contribution in [0.4, 0.5) is 0 Å². The zero-order chi connectivity index (χ0) is 13.0. The Morgan fingerprint density at radius 2 is 2.17 bits per heavy atom. The highest BCUT2D eigenvalue weighted by molar-refractivity contribution is 9.09. The molecule has 18 heavy (non-hydrogen) atoms. The molecule has 0 aliphatic rings. The van der Waals surface area contributed by atoms with Gasteiger partial charge in [-0.15, -0.1) is 0 Å². The molecule has 1 heterocycles. The van der Waals surface area contributed by atoms with Gasteiger partial charge < -0.3 is 4.74 Å². The molecule has 0 amide bonds. The minimum Gasteiger partial charge on any atom is -0.497 e. The summed E-state index contributed by atoms with van der Waals surface area (Å²) in [7, 11) is 1.58. The fraction of sp³-hybridized carbons (Fsp3) is 0.143. The van der Waals surface area contributed by atoms with E-state index in [0.29, 0.717) is 11.3 Å². The van der Waals surface area contributed by atoms with Crippen molar-refractivity contribution in [3.8, 4) is 5.75 Å². The highest BCUT2D eigenvalue weighted by atomic mass is 79.9. The second-order valence-electron chi connectivity index (χ2n) is 3.75. The molecule has 1 aromatic carbocycles. The largest absolute Gasteiger partial charge is 0.497 e. The van der Waals surface area contributed by atoms with Crippen LogP contribution in [0.25, 0.3) is 0 Å². The van der Waals surface area contributed by atoms with E-state index in [1.165, 1.54) is 0 Å². The lowest BCUT2D eigenvalue weighted by atomic mass is 10.0. The van der Waals surface area contributed by atoms with Gasteiger partial charge in [-0.1, -0.05) is 34.1 Å². The lowest BCUT2D eigenvalue weighted by Gasteiger charge is -2.09. The van der Waals surface area contributed by atoms with Crippen molar-refractivity contribution in [3.05, 3.63) is 59.9 Å². The highest BCUT2D eigenvalue weighted by Gasteiger charge is 2.19. The van der Waals surface area contributed by atoms with Gasteiger partial charge in [0.15, 0.2) is 5.78 Å². The van der Waals surface area contributed by atoms with Crippen LogP contribution in [0.5, 0.6) is 5.75 Å². The van der Waals surface area contributed by atoms with Gasteiger partial charge in [-0.05, 0) is 23.8 Å². The molecule has 2 rings (SSSR count). The molecule has 2 aromatic rings. The predicted octanol–water partition coefficient (Wildman–Crippen LogP) is 3.41. The predicted molar refractivity (Wildman–Crippen MR) is 73.2 cm³/mol. The summed E-state index contributed by atoms with van der Waals surface area (Å²) in [5.74, 6) is 0.661. The van der Waals surface area contributed by atoms with Gasteiger partial charge in [-0.3, -0.25) is 9.78 Å². The van der Waals surface area contributed by atoms with Gasteiger partial charge in [0.05, 0.1) is 7.11 Å². The van der Waals surface area contributed by atoms with Gasteiger partial charge in [0, 0.05) is 18.0 Å². The normalized spacial score (nSPS) is 11.9. The number of rotatable bonds is 4. The van der Waals surface area contributed by atoms with Gasteiger partial charge in [-0.2, -0.15) is 0 Å². The van der Waals surface area contributed by atoms with E-state index in [2.05, 4.69) is 20.9 Å². The van der Waals surface area contributed by atoms with Crippen molar-refractivity contribution in [3.63, 3.8) is 0 Å². The monoisotopic (exact) mass is 305 g/mol. The lowest BCUT2D eigenvalue weighted by Crippen LogP contribution is -2.07. The molecule has 0 saturated heterocycles. The third-order valence-corrected chi connectivity index (χ3v) is 3.51. The minimum absolute atomic E-state index is 0.0121. The van der Waals surface area contributed by atoms with Gasteiger partial charge in [0.1, 0.15) is 10.6 Å². The van der Waals surface area contributed by atoms with Crippen molar-refractivity contribution in [1.82, 2.24) is 4.98 Å². The summed E-state index contributed by atoms with van der Waals surface area (Å²) >= 11 is 3.40. The first kappa shape index (κ1) is 12.8. The molecule has 0 spiro atoms. The van der Waals surface area contributed by atoms with Crippen LogP contribution in [0.15, 0.2) is 48.8 Å². The molecular weight excluding hydrogens is 294 g/mol. The summed E-state index contributed by atoms with van der Waals surface area (Å²) in [6, 6.07) is 10.8. The molecule has 4 heteroatoms. The van der Waals surface area contributed by atoms with Crippen LogP contribution in [0.3, 0.4) is 0 Å². The molecule has 3 nitrogen and oxygen atoms in total. The summed E-state index contributed by atoms with van der Waals surface area (Å²) < 4.78 is 5.11. The first-order chi connectivity index (χ1) is 8.72. The average molecular weight is 306 g/mol. The maximum Gasteiger partial charge on any atom is 0.181 e. The van der Waals surface area contributed by atoms with Crippen LogP contribution < -0.4 is 4.74 Å². The number of halogens is 1. The van der Waals surface area contributed by atoms with Gasteiger partial charge >= 0.3 is 0 Å². The second kappa shape index (κ2) is 5.78. The summed E-state index contributed by atoms with van der Waals surface area (Å²) in [6.07, 6.45) is 3.36. The Bertz CT molecular complexity index is 543. The van der Waals surface area contributed by atoms with E-state index in [-0.39, 0.29) is 5.78 Å². The Kier molecular flexibility index (Phi) is 4.10. The fourth-order valence-electron chi connectivity index (χ4n) is 1.60. The van der Waals surface area contributed by atoms with Crippen LogP contribution in [-0.2, 0) is 0 Å². The number of aromatic nitrogens is 1. The van der Waals surface area contributed by atoms with Crippen molar-refractivity contribution in [2.24, 2.45) is 0 Å². The molecule has 0 fully saturated rings. The van der Waals surface area contributed by atoms with E-state index in [1.807, 2.05) is 18.2 Å². The van der Waals surface area contributed by atoms with E-state index in [4.69, 9.17) is 4.74 Å². The number of ether oxygens (including phenoxy) is 1. The first-order valence-corrected chi connectivity index (χ1v) is 6.36. The summed E-state index contributed by atoms with van der Waals surface area (Å²) in [4.78, 5) is 15.9. The third kappa shape index (κ3) is 2.76. The fourth-order valence-corrected chi connectivity index (χ4v) is 2.14. The lowest BCUT2D eigenvalue weighted by molar-refractivity contribution is 0.0991. The zero-order valence-electron chi connectivity index (χ0n) is 9.84. The number of hydrogen-bond donors (Lipinski definition) is 0. The number of methoxy groups -OCH3 is 1. The molecule has 1 unspecified atom stereocenters. The second-order valence-corrected chi connectivity index (χ2v) is 4.66.